The molecule has 0 aromatic rings. The summed E-state index contributed by atoms with van der Waals surface area (Å²) in [6.07, 6.45) is 0. The quantitative estimate of drug-likeness (QED) is 0.625. The molecule has 0 aromatic heterocycles. The second kappa shape index (κ2) is 4.14. The van der Waals surface area contributed by atoms with Crippen LogP contribution < -0.4 is 5.43 Å². The third-order valence-corrected chi connectivity index (χ3v) is 3.11. The summed E-state index contributed by atoms with van der Waals surface area (Å²) in [6.45, 7) is 4.41. The van der Waals surface area contributed by atoms with Gasteiger partial charge in [-0.25, -0.2) is 5.01 Å². The highest BCUT2D eigenvalue weighted by Gasteiger charge is 2.18. The minimum absolute atomic E-state index is 0.452. The third-order valence-electron chi connectivity index (χ3n) is 1.95. The number of aliphatic imine (C=N–C) groups is 1. The van der Waals surface area contributed by atoms with E-state index >= 15 is 0 Å². The van der Waals surface area contributed by atoms with Crippen molar-refractivity contribution in [1.82, 2.24) is 10.4 Å². The lowest BCUT2D eigenvalue weighted by Gasteiger charge is -2.25. The van der Waals surface area contributed by atoms with Gasteiger partial charge in [-0.15, -0.1) is 0 Å². The fourth-order valence-corrected chi connectivity index (χ4v) is 2.14. The van der Waals surface area contributed by atoms with Crippen molar-refractivity contribution in [3.63, 3.8) is 0 Å². The van der Waals surface area contributed by atoms with E-state index in [1.165, 1.54) is 5.75 Å². The van der Waals surface area contributed by atoms with Crippen LogP contribution >= 0.6 is 11.8 Å². The molecular formula is C8H17N3S. The molecule has 4 heteroatoms. The van der Waals surface area contributed by atoms with Crippen LogP contribution in [-0.4, -0.2) is 36.1 Å². The Morgan fingerprint density at radius 2 is 2.17 bits per heavy atom. The Morgan fingerprint density at radius 1 is 1.50 bits per heavy atom. The lowest BCUT2D eigenvalue weighted by atomic mass is 10.1. The van der Waals surface area contributed by atoms with E-state index in [-0.39, 0.29) is 0 Å². The Kier molecular flexibility index (Phi) is 3.40. The van der Waals surface area contributed by atoms with Gasteiger partial charge in [0.2, 0.25) is 0 Å². The predicted molar refractivity (Wildman–Crippen MR) is 55.3 cm³/mol. The van der Waals surface area contributed by atoms with Crippen molar-refractivity contribution in [2.75, 3.05) is 19.8 Å². The molecule has 0 aliphatic carbocycles. The van der Waals surface area contributed by atoms with Crippen LogP contribution in [0.15, 0.2) is 4.99 Å². The van der Waals surface area contributed by atoms with Gasteiger partial charge in [0, 0.05) is 19.8 Å². The summed E-state index contributed by atoms with van der Waals surface area (Å²) in [6, 6.07) is 0.452. The van der Waals surface area contributed by atoms with Gasteiger partial charge in [-0.2, -0.15) is 0 Å². The van der Waals surface area contributed by atoms with Gasteiger partial charge < -0.3 is 0 Å². The molecule has 1 heterocycles. The molecule has 1 aliphatic heterocycles. The van der Waals surface area contributed by atoms with Crippen molar-refractivity contribution < 1.29 is 0 Å². The minimum Gasteiger partial charge on any atom is -0.298 e. The van der Waals surface area contributed by atoms with Gasteiger partial charge in [0.1, 0.15) is 0 Å². The number of nitrogens with one attached hydrogen (secondary N) is 1. The lowest BCUT2D eigenvalue weighted by Crippen LogP contribution is -2.38. The van der Waals surface area contributed by atoms with Crippen LogP contribution in [0.5, 0.6) is 0 Å². The first-order valence-corrected chi connectivity index (χ1v) is 5.22. The molecular weight excluding hydrogens is 170 g/mol. The number of hydrogen-bond acceptors (Lipinski definition) is 4. The molecule has 0 saturated carbocycles. The van der Waals surface area contributed by atoms with Gasteiger partial charge in [0.15, 0.2) is 5.17 Å². The molecule has 12 heavy (non-hydrogen) atoms. The van der Waals surface area contributed by atoms with Gasteiger partial charge in [-0.1, -0.05) is 18.7 Å². The van der Waals surface area contributed by atoms with Crippen LogP contribution in [0.2, 0.25) is 0 Å². The molecule has 1 rings (SSSR count). The normalized spacial score (nSPS) is 30.2. The molecule has 2 unspecified atom stereocenters. The Morgan fingerprint density at radius 3 is 2.67 bits per heavy atom. The number of thioether (sulfide) groups is 1. The van der Waals surface area contributed by atoms with Crippen molar-refractivity contribution >= 4 is 16.9 Å². The maximum Gasteiger partial charge on any atom is 0.171 e. The summed E-state index contributed by atoms with van der Waals surface area (Å²) < 4.78 is 0. The average Bonchev–Trinajstić information content (AvgIpc) is 1.96. The zero-order valence-electron chi connectivity index (χ0n) is 8.16. The molecule has 0 radical (unpaired) electrons. The Balaban J connectivity index is 2.50. The number of amidine groups is 1. The van der Waals surface area contributed by atoms with E-state index in [4.69, 9.17) is 0 Å². The highest BCUT2D eigenvalue weighted by molar-refractivity contribution is 8.13. The molecule has 1 aliphatic rings. The largest absolute Gasteiger partial charge is 0.298 e. The minimum atomic E-state index is 0.452. The maximum absolute atomic E-state index is 4.53. The van der Waals surface area contributed by atoms with E-state index in [2.05, 4.69) is 24.3 Å². The molecule has 0 amide bonds. The molecule has 0 bridgehead atoms. The zero-order chi connectivity index (χ0) is 9.14. The van der Waals surface area contributed by atoms with E-state index < -0.39 is 0 Å². The van der Waals surface area contributed by atoms with E-state index in [9.17, 15) is 0 Å². The molecule has 3 nitrogen and oxygen atoms in total. The highest BCUT2D eigenvalue weighted by Crippen LogP contribution is 2.21. The Labute approximate surface area is 78.6 Å². The monoisotopic (exact) mass is 187 g/mol. The first-order chi connectivity index (χ1) is 5.59. The second-order valence-corrected chi connectivity index (χ2v) is 4.48. The van der Waals surface area contributed by atoms with E-state index in [1.807, 2.05) is 19.1 Å². The van der Waals surface area contributed by atoms with Crippen molar-refractivity contribution in [2.45, 2.75) is 19.9 Å². The molecule has 0 aromatic carbocycles. The summed E-state index contributed by atoms with van der Waals surface area (Å²) >= 11 is 1.80. The summed E-state index contributed by atoms with van der Waals surface area (Å²) in [5, 5.41) is 2.97. The molecule has 2 atom stereocenters. The molecule has 0 spiro atoms. The van der Waals surface area contributed by atoms with Crippen LogP contribution in [0.4, 0.5) is 0 Å². The van der Waals surface area contributed by atoms with Crippen LogP contribution in [0.3, 0.4) is 0 Å². The first kappa shape index (κ1) is 9.86. The summed E-state index contributed by atoms with van der Waals surface area (Å²) in [5.74, 6) is 1.86. The second-order valence-electron chi connectivity index (χ2n) is 3.47. The summed E-state index contributed by atoms with van der Waals surface area (Å²) in [4.78, 5) is 4.53. The average molecular weight is 187 g/mol. The number of hydrazine groups is 1. The van der Waals surface area contributed by atoms with Gasteiger partial charge >= 0.3 is 0 Å². The molecule has 0 saturated heterocycles. The standard InChI is InChI=1S/C8H17N3S/c1-6-5-12-8(9-7(6)2)10-11(3)4/h6-7H,5H2,1-4H3,(H,9,10). The van der Waals surface area contributed by atoms with E-state index in [1.54, 1.807) is 11.8 Å². The fraction of sp³-hybridized carbons (Fsp3) is 0.875. The Hall–Kier alpha value is -0.220. The van der Waals surface area contributed by atoms with Crippen LogP contribution in [0, 0.1) is 5.92 Å². The van der Waals surface area contributed by atoms with Crippen molar-refractivity contribution in [3.8, 4) is 0 Å². The number of rotatable bonds is 1. The SMILES string of the molecule is CC1CSC(NN(C)C)=NC1C. The van der Waals surface area contributed by atoms with Crippen LogP contribution in [-0.2, 0) is 0 Å². The topological polar surface area (TPSA) is 27.6 Å². The predicted octanol–water partition coefficient (Wildman–Crippen LogP) is 1.18. The summed E-state index contributed by atoms with van der Waals surface area (Å²) in [7, 11) is 3.96. The van der Waals surface area contributed by atoms with Crippen LogP contribution in [0.25, 0.3) is 0 Å². The molecule has 1 N–H and O–H groups in total. The molecule has 70 valence electrons. The van der Waals surface area contributed by atoms with Crippen LogP contribution in [0.1, 0.15) is 13.8 Å². The van der Waals surface area contributed by atoms with Gasteiger partial charge in [-0.05, 0) is 12.8 Å². The first-order valence-electron chi connectivity index (χ1n) is 4.24. The van der Waals surface area contributed by atoms with Gasteiger partial charge in [-0.3, -0.25) is 10.4 Å². The zero-order valence-corrected chi connectivity index (χ0v) is 8.98. The van der Waals surface area contributed by atoms with Gasteiger partial charge in [0.25, 0.3) is 0 Å². The van der Waals surface area contributed by atoms with Crippen molar-refractivity contribution in [3.05, 3.63) is 0 Å². The highest BCUT2D eigenvalue weighted by atomic mass is 32.2. The smallest absolute Gasteiger partial charge is 0.171 e. The van der Waals surface area contributed by atoms with Crippen molar-refractivity contribution in [1.29, 1.82) is 0 Å². The maximum atomic E-state index is 4.53. The number of hydrogen-bond donors (Lipinski definition) is 1. The van der Waals surface area contributed by atoms with E-state index in [0.717, 1.165) is 5.17 Å². The summed E-state index contributed by atoms with van der Waals surface area (Å²) in [5.41, 5.74) is 3.18. The fourth-order valence-electron chi connectivity index (χ4n) is 0.952. The Bertz CT molecular complexity index is 179. The molecule has 0 fully saturated rings. The third kappa shape index (κ3) is 2.68. The van der Waals surface area contributed by atoms with Gasteiger partial charge in [0.05, 0.1) is 6.04 Å². The lowest BCUT2D eigenvalue weighted by molar-refractivity contribution is 0.362. The number of nitrogens with zero attached hydrogens (tertiary/aromatic N) is 2. The van der Waals surface area contributed by atoms with Crippen molar-refractivity contribution in [2.24, 2.45) is 10.9 Å². The van der Waals surface area contributed by atoms with E-state index in [0.29, 0.717) is 12.0 Å².